The molecule has 0 spiro atoms. The van der Waals surface area contributed by atoms with Gasteiger partial charge in [-0.25, -0.2) is 0 Å². The summed E-state index contributed by atoms with van der Waals surface area (Å²) in [5.74, 6) is 0. The number of hydrogen-bond acceptors (Lipinski definition) is 3. The summed E-state index contributed by atoms with van der Waals surface area (Å²) in [5.41, 5.74) is 0.661. The Kier molecular flexibility index (Phi) is 3.73. The predicted molar refractivity (Wildman–Crippen MR) is 77.1 cm³/mol. The molecule has 0 atom stereocenters. The zero-order valence-corrected chi connectivity index (χ0v) is 13.2. The average Bonchev–Trinajstić information content (AvgIpc) is 2.57. The van der Waals surface area contributed by atoms with Gasteiger partial charge in [-0.05, 0) is 11.4 Å². The summed E-state index contributed by atoms with van der Waals surface area (Å²) in [5, 5.41) is 11.3. The van der Waals surface area contributed by atoms with Gasteiger partial charge in [-0.3, -0.25) is 4.40 Å². The minimum absolute atomic E-state index is 0.532. The van der Waals surface area contributed by atoms with Crippen LogP contribution in [0.1, 0.15) is 0 Å². The number of halogens is 2. The van der Waals surface area contributed by atoms with Gasteiger partial charge in [-0.15, -0.1) is 10.2 Å². The number of fused-ring (bicyclic) bond motifs is 1. The zero-order valence-electron chi connectivity index (χ0n) is 9.87. The van der Waals surface area contributed by atoms with E-state index in [1.165, 1.54) is 0 Å². The van der Waals surface area contributed by atoms with Gasteiger partial charge in [-0.1, -0.05) is 54.6 Å². The van der Waals surface area contributed by atoms with Crippen molar-refractivity contribution in [3.05, 3.63) is 22.3 Å². The molecule has 0 unspecified atom stereocenters. The largest absolute Gasteiger partial charge is 0.275 e. The second kappa shape index (κ2) is 4.80. The molecule has 0 aliphatic heterocycles. The number of aromatic nitrogens is 3. The van der Waals surface area contributed by atoms with Gasteiger partial charge in [0, 0.05) is 6.20 Å². The highest BCUT2D eigenvalue weighted by Gasteiger charge is 2.16. The third kappa shape index (κ3) is 3.16. The molecule has 2 aromatic rings. The van der Waals surface area contributed by atoms with Gasteiger partial charge in [0.05, 0.1) is 18.1 Å². The summed E-state index contributed by atoms with van der Waals surface area (Å²) in [6.45, 7) is 6.97. The molecule has 0 saturated carbocycles. The van der Waals surface area contributed by atoms with Crippen molar-refractivity contribution in [2.45, 2.75) is 24.8 Å². The summed E-state index contributed by atoms with van der Waals surface area (Å²) in [6, 6.07) is 1.68. The molecular formula is C10H13Cl2N3SSi. The lowest BCUT2D eigenvalue weighted by molar-refractivity contribution is 0.923. The zero-order chi connectivity index (χ0) is 12.6. The molecule has 7 heteroatoms. The summed E-state index contributed by atoms with van der Waals surface area (Å²) < 4.78 is 1.86. The first-order valence-electron chi connectivity index (χ1n) is 5.19. The molecule has 0 aromatic carbocycles. The van der Waals surface area contributed by atoms with Gasteiger partial charge in [0.1, 0.15) is 0 Å². The Bertz CT molecular complexity index is 550. The quantitative estimate of drug-likeness (QED) is 0.634. The normalized spacial score (nSPS) is 12.3. The fourth-order valence-corrected chi connectivity index (χ4v) is 4.42. The fraction of sp³-hybridized carbons (Fsp3) is 0.400. The highest BCUT2D eigenvalue weighted by molar-refractivity contribution is 8.00. The van der Waals surface area contributed by atoms with E-state index in [2.05, 4.69) is 29.8 Å². The summed E-state index contributed by atoms with van der Waals surface area (Å²) in [6.07, 6.45) is 1.80. The Morgan fingerprint density at radius 1 is 1.29 bits per heavy atom. The summed E-state index contributed by atoms with van der Waals surface area (Å²) in [7, 11) is -1.11. The van der Waals surface area contributed by atoms with Crippen molar-refractivity contribution in [1.82, 2.24) is 14.6 Å². The van der Waals surface area contributed by atoms with E-state index in [9.17, 15) is 0 Å². The third-order valence-corrected chi connectivity index (χ3v) is 7.09. The van der Waals surface area contributed by atoms with E-state index in [4.69, 9.17) is 23.2 Å². The Morgan fingerprint density at radius 2 is 2.00 bits per heavy atom. The minimum atomic E-state index is -1.11. The van der Waals surface area contributed by atoms with Crippen LogP contribution in [-0.2, 0) is 0 Å². The molecule has 0 aliphatic carbocycles. The van der Waals surface area contributed by atoms with Crippen molar-refractivity contribution >= 4 is 48.7 Å². The molecule has 2 aromatic heterocycles. The Balaban J connectivity index is 2.36. The number of thioether (sulfide) groups is 1. The molecule has 2 rings (SSSR count). The van der Waals surface area contributed by atoms with E-state index >= 15 is 0 Å². The van der Waals surface area contributed by atoms with E-state index in [1.807, 2.05) is 4.40 Å². The molecule has 3 nitrogen and oxygen atoms in total. The van der Waals surface area contributed by atoms with Gasteiger partial charge in [-0.2, -0.15) is 0 Å². The molecule has 0 fully saturated rings. The molecule has 17 heavy (non-hydrogen) atoms. The van der Waals surface area contributed by atoms with Gasteiger partial charge in [0.15, 0.2) is 10.8 Å². The van der Waals surface area contributed by atoms with Crippen molar-refractivity contribution in [3.63, 3.8) is 0 Å². The van der Waals surface area contributed by atoms with E-state index < -0.39 is 8.07 Å². The second-order valence-corrected chi connectivity index (χ2v) is 12.8. The monoisotopic (exact) mass is 305 g/mol. The Hall–Kier alpha value is -0.233. The van der Waals surface area contributed by atoms with Crippen molar-refractivity contribution in [3.8, 4) is 0 Å². The second-order valence-electron chi connectivity index (χ2n) is 5.03. The van der Waals surface area contributed by atoms with Crippen LogP contribution in [0.25, 0.3) is 5.65 Å². The number of nitrogens with zero attached hydrogens (tertiary/aromatic N) is 3. The highest BCUT2D eigenvalue weighted by Crippen LogP contribution is 2.26. The van der Waals surface area contributed by atoms with Crippen LogP contribution < -0.4 is 0 Å². The molecule has 0 radical (unpaired) electrons. The van der Waals surface area contributed by atoms with Crippen molar-refractivity contribution in [1.29, 1.82) is 0 Å². The first kappa shape index (κ1) is 13.2. The molecule has 0 saturated heterocycles. The molecule has 0 N–H and O–H groups in total. The van der Waals surface area contributed by atoms with E-state index in [0.29, 0.717) is 15.7 Å². The lowest BCUT2D eigenvalue weighted by Crippen LogP contribution is -2.23. The lowest BCUT2D eigenvalue weighted by atomic mass is 10.5. The average molecular weight is 306 g/mol. The summed E-state index contributed by atoms with van der Waals surface area (Å²) in [4.78, 5) is 0. The number of hydrogen-bond donors (Lipinski definition) is 0. The van der Waals surface area contributed by atoms with Crippen LogP contribution in [0, 0.1) is 0 Å². The number of pyridine rings is 1. The Morgan fingerprint density at radius 3 is 2.65 bits per heavy atom. The molecule has 2 heterocycles. The SMILES string of the molecule is C[Si](C)(C)CSc1nnc2c(Cl)cc(Cl)cn12. The van der Waals surface area contributed by atoms with Crippen LogP contribution >= 0.6 is 35.0 Å². The van der Waals surface area contributed by atoms with Crippen molar-refractivity contribution in [2.24, 2.45) is 0 Å². The number of rotatable bonds is 3. The van der Waals surface area contributed by atoms with E-state index in [-0.39, 0.29) is 0 Å². The molecular weight excluding hydrogens is 293 g/mol. The molecule has 92 valence electrons. The first-order valence-corrected chi connectivity index (χ1v) is 10.6. The van der Waals surface area contributed by atoms with Gasteiger partial charge >= 0.3 is 0 Å². The lowest BCUT2D eigenvalue weighted by Gasteiger charge is -2.13. The fourth-order valence-electron chi connectivity index (χ4n) is 1.28. The molecule has 0 aliphatic rings. The third-order valence-electron chi connectivity index (χ3n) is 2.03. The van der Waals surface area contributed by atoms with Crippen molar-refractivity contribution < 1.29 is 0 Å². The van der Waals surface area contributed by atoms with Gasteiger partial charge in [0.2, 0.25) is 0 Å². The first-order chi connectivity index (χ1) is 7.87. The molecule has 0 bridgehead atoms. The maximum atomic E-state index is 6.06. The van der Waals surface area contributed by atoms with E-state index in [1.54, 1.807) is 24.0 Å². The molecule has 0 amide bonds. The predicted octanol–water partition coefficient (Wildman–Crippen LogP) is 4.01. The highest BCUT2D eigenvalue weighted by atomic mass is 35.5. The van der Waals surface area contributed by atoms with Crippen LogP contribution in [-0.4, -0.2) is 28.0 Å². The van der Waals surface area contributed by atoms with Gasteiger partial charge in [0.25, 0.3) is 0 Å². The van der Waals surface area contributed by atoms with Crippen LogP contribution in [0.3, 0.4) is 0 Å². The van der Waals surface area contributed by atoms with Crippen LogP contribution in [0.2, 0.25) is 29.7 Å². The maximum absolute atomic E-state index is 6.06. The topological polar surface area (TPSA) is 30.2 Å². The van der Waals surface area contributed by atoms with E-state index in [0.717, 1.165) is 10.5 Å². The van der Waals surface area contributed by atoms with Crippen LogP contribution in [0.15, 0.2) is 17.4 Å². The van der Waals surface area contributed by atoms with Crippen LogP contribution in [0.4, 0.5) is 0 Å². The van der Waals surface area contributed by atoms with Crippen LogP contribution in [0.5, 0.6) is 0 Å². The van der Waals surface area contributed by atoms with Crippen molar-refractivity contribution in [2.75, 3.05) is 5.38 Å². The summed E-state index contributed by atoms with van der Waals surface area (Å²) >= 11 is 13.8. The van der Waals surface area contributed by atoms with Gasteiger partial charge < -0.3 is 0 Å². The smallest absolute Gasteiger partial charge is 0.195 e. The Labute approximate surface area is 116 Å². The minimum Gasteiger partial charge on any atom is -0.275 e. The maximum Gasteiger partial charge on any atom is 0.195 e. The standard InChI is InChI=1S/C10H13Cl2N3SSi/c1-17(2,3)6-16-10-14-13-9-8(12)4-7(11)5-15(9)10/h4-5H,6H2,1-3H3.